The predicted molar refractivity (Wildman–Crippen MR) is 71.3 cm³/mol. The van der Waals surface area contributed by atoms with Crippen molar-refractivity contribution in [3.05, 3.63) is 0 Å². The van der Waals surface area contributed by atoms with E-state index in [-0.39, 0.29) is 0 Å². The quantitative estimate of drug-likeness (QED) is 0.797. The van der Waals surface area contributed by atoms with Crippen LogP contribution >= 0.6 is 0 Å². The van der Waals surface area contributed by atoms with Gasteiger partial charge in [-0.2, -0.15) is 0 Å². The summed E-state index contributed by atoms with van der Waals surface area (Å²) >= 11 is 0. The van der Waals surface area contributed by atoms with Gasteiger partial charge in [-0.25, -0.2) is 0 Å². The molecule has 0 spiro atoms. The number of nitrogens with zero attached hydrogens (tertiary/aromatic N) is 1. The molecule has 1 atom stereocenters. The van der Waals surface area contributed by atoms with Gasteiger partial charge in [0.15, 0.2) is 0 Å². The molecule has 2 rings (SSSR count). The average molecular weight is 240 g/mol. The third-order valence-corrected chi connectivity index (χ3v) is 4.39. The van der Waals surface area contributed by atoms with Crippen LogP contribution in [0.4, 0.5) is 0 Å². The van der Waals surface area contributed by atoms with Gasteiger partial charge in [-0.05, 0) is 37.8 Å². The first-order chi connectivity index (χ1) is 8.00. The lowest BCUT2D eigenvalue weighted by Crippen LogP contribution is -2.53. The van der Waals surface area contributed by atoms with E-state index in [0.29, 0.717) is 17.6 Å². The van der Waals surface area contributed by atoms with Gasteiger partial charge in [0, 0.05) is 25.7 Å². The fourth-order valence-electron chi connectivity index (χ4n) is 2.89. The van der Waals surface area contributed by atoms with Crippen molar-refractivity contribution in [2.45, 2.75) is 58.2 Å². The fraction of sp³-hybridized carbons (Fsp3) is 1.00. The van der Waals surface area contributed by atoms with E-state index < -0.39 is 0 Å². The third-order valence-electron chi connectivity index (χ3n) is 4.39. The molecule has 0 aromatic rings. The number of methoxy groups -OCH3 is 1. The van der Waals surface area contributed by atoms with Crippen LogP contribution in [0.2, 0.25) is 0 Å². The van der Waals surface area contributed by atoms with Gasteiger partial charge in [0.05, 0.1) is 6.10 Å². The second-order valence-electron chi connectivity index (χ2n) is 6.70. The van der Waals surface area contributed by atoms with Gasteiger partial charge in [-0.3, -0.25) is 4.90 Å². The zero-order valence-electron chi connectivity index (χ0n) is 11.8. The molecule has 0 radical (unpaired) electrons. The molecule has 1 saturated carbocycles. The van der Waals surface area contributed by atoms with Crippen molar-refractivity contribution in [1.82, 2.24) is 10.2 Å². The summed E-state index contributed by atoms with van der Waals surface area (Å²) < 4.78 is 5.39. The summed E-state index contributed by atoms with van der Waals surface area (Å²) in [5.74, 6) is 0. The van der Waals surface area contributed by atoms with Crippen LogP contribution in [0.3, 0.4) is 0 Å². The van der Waals surface area contributed by atoms with E-state index in [2.05, 4.69) is 31.0 Å². The van der Waals surface area contributed by atoms with Crippen LogP contribution < -0.4 is 5.32 Å². The molecule has 2 fully saturated rings. The predicted octanol–water partition coefficient (Wildman–Crippen LogP) is 1.87. The summed E-state index contributed by atoms with van der Waals surface area (Å²) in [5.41, 5.74) is 0.354. The minimum absolute atomic E-state index is 0.354. The van der Waals surface area contributed by atoms with Crippen molar-refractivity contribution >= 4 is 0 Å². The summed E-state index contributed by atoms with van der Waals surface area (Å²) in [6.07, 6.45) is 4.26. The SMILES string of the molecule is COC1CC(N2CCCNC(C(C)(C)C)C2)C1. The Bertz CT molecular complexity index is 243. The summed E-state index contributed by atoms with van der Waals surface area (Å²) in [6, 6.07) is 1.39. The van der Waals surface area contributed by atoms with Gasteiger partial charge in [-0.1, -0.05) is 20.8 Å². The highest BCUT2D eigenvalue weighted by atomic mass is 16.5. The first-order valence-corrected chi connectivity index (χ1v) is 7.01. The zero-order chi connectivity index (χ0) is 12.5. The number of hydrogen-bond donors (Lipinski definition) is 1. The molecule has 1 saturated heterocycles. The largest absolute Gasteiger partial charge is 0.381 e. The summed E-state index contributed by atoms with van der Waals surface area (Å²) in [6.45, 7) is 10.6. The van der Waals surface area contributed by atoms with Gasteiger partial charge in [-0.15, -0.1) is 0 Å². The highest BCUT2D eigenvalue weighted by Gasteiger charge is 2.37. The van der Waals surface area contributed by atoms with Crippen LogP contribution in [0, 0.1) is 5.41 Å². The Morgan fingerprint density at radius 1 is 1.24 bits per heavy atom. The summed E-state index contributed by atoms with van der Waals surface area (Å²) in [4.78, 5) is 2.69. The highest BCUT2D eigenvalue weighted by Crippen LogP contribution is 2.30. The van der Waals surface area contributed by atoms with Crippen LogP contribution in [0.1, 0.15) is 40.0 Å². The fourth-order valence-corrected chi connectivity index (χ4v) is 2.89. The molecule has 0 aromatic heterocycles. The molecule has 1 unspecified atom stereocenters. The van der Waals surface area contributed by atoms with E-state index >= 15 is 0 Å². The smallest absolute Gasteiger partial charge is 0.0601 e. The molecule has 0 aromatic carbocycles. The van der Waals surface area contributed by atoms with E-state index in [1.165, 1.54) is 38.9 Å². The molecular formula is C14H28N2O. The van der Waals surface area contributed by atoms with Crippen molar-refractivity contribution in [2.75, 3.05) is 26.7 Å². The maximum absolute atomic E-state index is 5.39. The Kier molecular flexibility index (Phi) is 4.11. The van der Waals surface area contributed by atoms with Crippen molar-refractivity contribution in [1.29, 1.82) is 0 Å². The van der Waals surface area contributed by atoms with Crippen LogP contribution in [-0.4, -0.2) is 49.8 Å². The Balaban J connectivity index is 1.89. The second kappa shape index (κ2) is 5.25. The minimum Gasteiger partial charge on any atom is -0.381 e. The van der Waals surface area contributed by atoms with Gasteiger partial charge in [0.2, 0.25) is 0 Å². The minimum atomic E-state index is 0.354. The Morgan fingerprint density at radius 2 is 1.94 bits per heavy atom. The average Bonchev–Trinajstić information content (AvgIpc) is 2.41. The zero-order valence-corrected chi connectivity index (χ0v) is 11.8. The van der Waals surface area contributed by atoms with Crippen molar-refractivity contribution in [2.24, 2.45) is 5.41 Å². The summed E-state index contributed by atoms with van der Waals surface area (Å²) in [7, 11) is 1.84. The number of nitrogens with one attached hydrogen (secondary N) is 1. The molecule has 2 aliphatic rings. The van der Waals surface area contributed by atoms with Gasteiger partial charge in [0.25, 0.3) is 0 Å². The number of rotatable bonds is 2. The molecular weight excluding hydrogens is 212 g/mol. The van der Waals surface area contributed by atoms with Gasteiger partial charge >= 0.3 is 0 Å². The van der Waals surface area contributed by atoms with E-state index in [1.807, 2.05) is 7.11 Å². The Hall–Kier alpha value is -0.120. The maximum Gasteiger partial charge on any atom is 0.0601 e. The molecule has 1 N–H and O–H groups in total. The first kappa shape index (κ1) is 13.3. The second-order valence-corrected chi connectivity index (χ2v) is 6.70. The lowest BCUT2D eigenvalue weighted by molar-refractivity contribution is -0.0300. The molecule has 0 amide bonds. The van der Waals surface area contributed by atoms with E-state index in [1.54, 1.807) is 0 Å². The molecule has 17 heavy (non-hydrogen) atoms. The summed E-state index contributed by atoms with van der Waals surface area (Å²) in [5, 5.41) is 3.71. The van der Waals surface area contributed by atoms with E-state index in [0.717, 1.165) is 6.04 Å². The Morgan fingerprint density at radius 3 is 2.53 bits per heavy atom. The van der Waals surface area contributed by atoms with Gasteiger partial charge < -0.3 is 10.1 Å². The van der Waals surface area contributed by atoms with Crippen molar-refractivity contribution in [3.8, 4) is 0 Å². The first-order valence-electron chi connectivity index (χ1n) is 7.01. The van der Waals surface area contributed by atoms with E-state index in [4.69, 9.17) is 4.74 Å². The Labute approximate surface area is 106 Å². The van der Waals surface area contributed by atoms with Gasteiger partial charge in [0.1, 0.15) is 0 Å². The number of hydrogen-bond acceptors (Lipinski definition) is 3. The van der Waals surface area contributed by atoms with Crippen LogP contribution in [-0.2, 0) is 4.74 Å². The molecule has 1 heterocycles. The lowest BCUT2D eigenvalue weighted by atomic mass is 9.84. The molecule has 3 heteroatoms. The standard InChI is InChI=1S/C14H28N2O/c1-14(2,3)13-10-16(7-5-6-15-13)11-8-12(9-11)17-4/h11-13,15H,5-10H2,1-4H3. The normalized spacial score (nSPS) is 36.4. The van der Waals surface area contributed by atoms with Crippen LogP contribution in [0.5, 0.6) is 0 Å². The third kappa shape index (κ3) is 3.21. The van der Waals surface area contributed by atoms with E-state index in [9.17, 15) is 0 Å². The molecule has 1 aliphatic heterocycles. The topological polar surface area (TPSA) is 24.5 Å². The van der Waals surface area contributed by atoms with Crippen molar-refractivity contribution < 1.29 is 4.74 Å². The molecule has 0 bridgehead atoms. The molecule has 3 nitrogen and oxygen atoms in total. The lowest BCUT2D eigenvalue weighted by Gasteiger charge is -2.44. The van der Waals surface area contributed by atoms with Crippen LogP contribution in [0.15, 0.2) is 0 Å². The maximum atomic E-state index is 5.39. The molecule has 1 aliphatic carbocycles. The molecule has 100 valence electrons. The highest BCUT2D eigenvalue weighted by molar-refractivity contribution is 4.93. The van der Waals surface area contributed by atoms with Crippen LogP contribution in [0.25, 0.3) is 0 Å². The monoisotopic (exact) mass is 240 g/mol. The van der Waals surface area contributed by atoms with Crippen molar-refractivity contribution in [3.63, 3.8) is 0 Å². The number of ether oxygens (including phenoxy) is 1.